The highest BCUT2D eigenvalue weighted by molar-refractivity contribution is 6.11. The van der Waals surface area contributed by atoms with Gasteiger partial charge in [0, 0.05) is 24.0 Å². The summed E-state index contributed by atoms with van der Waals surface area (Å²) >= 11 is 0. The van der Waals surface area contributed by atoms with Gasteiger partial charge in [0.2, 0.25) is 0 Å². The molecule has 0 aliphatic carbocycles. The molecule has 3 aromatic rings. The molecule has 0 aliphatic heterocycles. The van der Waals surface area contributed by atoms with Crippen LogP contribution in [0.25, 0.3) is 10.8 Å². The second-order valence-corrected chi connectivity index (χ2v) is 7.32. The SMILES string of the molecule is CC(C)Cn1nc(C(=O)Nc2ccc(CCC(=O)O)cc2)c2ccccc2c1=O. The average Bonchev–Trinajstić information content (AvgIpc) is 2.69. The maximum Gasteiger partial charge on any atom is 0.303 e. The van der Waals surface area contributed by atoms with Crippen molar-refractivity contribution in [3.63, 3.8) is 0 Å². The van der Waals surface area contributed by atoms with E-state index in [4.69, 9.17) is 5.11 Å². The lowest BCUT2D eigenvalue weighted by Gasteiger charge is -2.13. The van der Waals surface area contributed by atoms with E-state index >= 15 is 0 Å². The van der Waals surface area contributed by atoms with Crippen molar-refractivity contribution >= 4 is 28.3 Å². The molecule has 0 atom stereocenters. The third kappa shape index (κ3) is 4.87. The second kappa shape index (κ2) is 8.68. The molecule has 2 aromatic carbocycles. The number of fused-ring (bicyclic) bond motifs is 1. The van der Waals surface area contributed by atoms with Gasteiger partial charge in [0.1, 0.15) is 0 Å². The summed E-state index contributed by atoms with van der Waals surface area (Å²) in [6, 6.07) is 14.0. The number of aryl methyl sites for hydroxylation is 1. The summed E-state index contributed by atoms with van der Waals surface area (Å²) in [6.45, 7) is 4.38. The van der Waals surface area contributed by atoms with Gasteiger partial charge in [-0.1, -0.05) is 44.2 Å². The van der Waals surface area contributed by atoms with Crippen LogP contribution in [-0.2, 0) is 17.8 Å². The molecular formula is C22H23N3O4. The van der Waals surface area contributed by atoms with Crippen molar-refractivity contribution in [3.8, 4) is 0 Å². The third-order valence-corrected chi connectivity index (χ3v) is 4.46. The molecule has 0 unspecified atom stereocenters. The normalized spacial score (nSPS) is 11.0. The lowest BCUT2D eigenvalue weighted by atomic mass is 10.1. The molecule has 0 bridgehead atoms. The van der Waals surface area contributed by atoms with Gasteiger partial charge in [0.25, 0.3) is 11.5 Å². The number of hydrogen-bond donors (Lipinski definition) is 2. The minimum Gasteiger partial charge on any atom is -0.481 e. The molecule has 7 heteroatoms. The van der Waals surface area contributed by atoms with E-state index in [1.807, 2.05) is 13.8 Å². The van der Waals surface area contributed by atoms with E-state index in [-0.39, 0.29) is 23.6 Å². The number of amides is 1. The molecule has 7 nitrogen and oxygen atoms in total. The van der Waals surface area contributed by atoms with Gasteiger partial charge in [-0.2, -0.15) is 5.10 Å². The van der Waals surface area contributed by atoms with Gasteiger partial charge in [-0.05, 0) is 36.1 Å². The smallest absolute Gasteiger partial charge is 0.303 e. The Morgan fingerprint density at radius 3 is 2.34 bits per heavy atom. The first-order chi connectivity index (χ1) is 13.8. The van der Waals surface area contributed by atoms with Crippen molar-refractivity contribution in [1.82, 2.24) is 9.78 Å². The van der Waals surface area contributed by atoms with Crippen molar-refractivity contribution in [2.75, 3.05) is 5.32 Å². The number of carboxylic acid groups (broad SMARTS) is 1. The second-order valence-electron chi connectivity index (χ2n) is 7.32. The number of anilines is 1. The lowest BCUT2D eigenvalue weighted by Crippen LogP contribution is -2.29. The number of benzene rings is 2. The molecular weight excluding hydrogens is 370 g/mol. The highest BCUT2D eigenvalue weighted by Crippen LogP contribution is 2.17. The number of nitrogens with zero attached hydrogens (tertiary/aromatic N) is 2. The highest BCUT2D eigenvalue weighted by atomic mass is 16.4. The van der Waals surface area contributed by atoms with E-state index in [2.05, 4.69) is 10.4 Å². The van der Waals surface area contributed by atoms with E-state index in [0.29, 0.717) is 29.4 Å². The number of rotatable bonds is 7. The number of carbonyl (C=O) groups excluding carboxylic acids is 1. The van der Waals surface area contributed by atoms with E-state index in [0.717, 1.165) is 5.56 Å². The molecule has 2 N–H and O–H groups in total. The first kappa shape index (κ1) is 20.3. The summed E-state index contributed by atoms with van der Waals surface area (Å²) in [5.74, 6) is -1.05. The first-order valence-corrected chi connectivity index (χ1v) is 9.47. The Balaban J connectivity index is 1.89. The summed E-state index contributed by atoms with van der Waals surface area (Å²) in [5, 5.41) is 16.9. The maximum atomic E-state index is 12.9. The summed E-state index contributed by atoms with van der Waals surface area (Å²) in [4.78, 5) is 36.3. The fourth-order valence-electron chi connectivity index (χ4n) is 3.07. The number of nitrogens with one attached hydrogen (secondary N) is 1. The molecule has 1 aromatic heterocycles. The molecule has 0 radical (unpaired) electrons. The molecule has 0 fully saturated rings. The molecule has 1 amide bonds. The van der Waals surface area contributed by atoms with Crippen molar-refractivity contribution in [1.29, 1.82) is 0 Å². The fourth-order valence-corrected chi connectivity index (χ4v) is 3.07. The van der Waals surface area contributed by atoms with Gasteiger partial charge in [0.15, 0.2) is 5.69 Å². The van der Waals surface area contributed by atoms with Crippen LogP contribution in [0.2, 0.25) is 0 Å². The molecule has 0 saturated carbocycles. The van der Waals surface area contributed by atoms with Crippen LogP contribution in [0.15, 0.2) is 53.3 Å². The fraction of sp³-hybridized carbons (Fsp3) is 0.273. The Bertz CT molecular complexity index is 1100. The topological polar surface area (TPSA) is 101 Å². The van der Waals surface area contributed by atoms with Crippen LogP contribution in [0.3, 0.4) is 0 Å². The molecule has 0 spiro atoms. The van der Waals surface area contributed by atoms with Gasteiger partial charge in [-0.15, -0.1) is 0 Å². The van der Waals surface area contributed by atoms with Crippen molar-refractivity contribution in [3.05, 3.63) is 70.1 Å². The van der Waals surface area contributed by atoms with Gasteiger partial charge < -0.3 is 10.4 Å². The number of aliphatic carboxylic acids is 1. The quantitative estimate of drug-likeness (QED) is 0.641. The molecule has 0 saturated heterocycles. The minimum absolute atomic E-state index is 0.0546. The highest BCUT2D eigenvalue weighted by Gasteiger charge is 2.17. The monoisotopic (exact) mass is 393 g/mol. The molecule has 29 heavy (non-hydrogen) atoms. The van der Waals surface area contributed by atoms with Crippen LogP contribution in [0.1, 0.15) is 36.3 Å². The first-order valence-electron chi connectivity index (χ1n) is 9.47. The van der Waals surface area contributed by atoms with Gasteiger partial charge in [-0.25, -0.2) is 4.68 Å². The van der Waals surface area contributed by atoms with Gasteiger partial charge >= 0.3 is 5.97 Å². The molecule has 1 heterocycles. The standard InChI is InChI=1S/C22H23N3O4/c1-14(2)13-25-22(29)18-6-4-3-5-17(18)20(24-25)21(28)23-16-10-7-15(8-11-16)9-12-19(26)27/h3-8,10-11,14H,9,12-13H2,1-2H3,(H,23,28)(H,26,27). The Labute approximate surface area is 168 Å². The number of carboxylic acids is 1. The molecule has 3 rings (SSSR count). The number of aromatic nitrogens is 2. The third-order valence-electron chi connectivity index (χ3n) is 4.46. The maximum absolute atomic E-state index is 12.9. The predicted octanol–water partition coefficient (Wildman–Crippen LogP) is 3.32. The van der Waals surface area contributed by atoms with Crippen molar-refractivity contribution in [2.45, 2.75) is 33.2 Å². The van der Waals surface area contributed by atoms with Crippen molar-refractivity contribution in [2.24, 2.45) is 5.92 Å². The minimum atomic E-state index is -0.850. The van der Waals surface area contributed by atoms with Gasteiger partial charge in [-0.3, -0.25) is 14.4 Å². The summed E-state index contributed by atoms with van der Waals surface area (Å²) in [7, 11) is 0. The van der Waals surface area contributed by atoms with Crippen LogP contribution in [-0.4, -0.2) is 26.8 Å². The van der Waals surface area contributed by atoms with Crippen LogP contribution in [0, 0.1) is 5.92 Å². The summed E-state index contributed by atoms with van der Waals surface area (Å²) < 4.78 is 1.34. The Morgan fingerprint density at radius 2 is 1.72 bits per heavy atom. The van der Waals surface area contributed by atoms with E-state index in [1.54, 1.807) is 48.5 Å². The van der Waals surface area contributed by atoms with E-state index in [9.17, 15) is 14.4 Å². The zero-order valence-electron chi connectivity index (χ0n) is 16.4. The van der Waals surface area contributed by atoms with Gasteiger partial charge in [0.05, 0.1) is 5.39 Å². The molecule has 0 aliphatic rings. The summed E-state index contributed by atoms with van der Waals surface area (Å²) in [5.41, 5.74) is 1.42. The summed E-state index contributed by atoms with van der Waals surface area (Å²) in [6.07, 6.45) is 0.481. The Hall–Kier alpha value is -3.48. The Morgan fingerprint density at radius 1 is 1.07 bits per heavy atom. The van der Waals surface area contributed by atoms with Crippen LogP contribution < -0.4 is 10.9 Å². The number of hydrogen-bond acceptors (Lipinski definition) is 4. The predicted molar refractivity (Wildman–Crippen MR) is 111 cm³/mol. The van der Waals surface area contributed by atoms with Crippen LogP contribution in [0.5, 0.6) is 0 Å². The van der Waals surface area contributed by atoms with Crippen molar-refractivity contribution < 1.29 is 14.7 Å². The zero-order valence-corrected chi connectivity index (χ0v) is 16.4. The lowest BCUT2D eigenvalue weighted by molar-refractivity contribution is -0.136. The zero-order chi connectivity index (χ0) is 21.0. The van der Waals surface area contributed by atoms with Crippen LogP contribution in [0.4, 0.5) is 5.69 Å². The Kier molecular flexibility index (Phi) is 6.07. The average molecular weight is 393 g/mol. The number of carbonyl (C=O) groups is 2. The molecule has 150 valence electrons. The van der Waals surface area contributed by atoms with E-state index in [1.165, 1.54) is 4.68 Å². The largest absolute Gasteiger partial charge is 0.481 e. The van der Waals surface area contributed by atoms with Crippen LogP contribution >= 0.6 is 0 Å². The van der Waals surface area contributed by atoms with E-state index < -0.39 is 11.9 Å².